The van der Waals surface area contributed by atoms with Gasteiger partial charge in [-0.05, 0) is 55.0 Å². The second-order valence-electron chi connectivity index (χ2n) is 4.25. The highest BCUT2D eigenvalue weighted by atomic mass is 19.1. The Labute approximate surface area is 110 Å². The van der Waals surface area contributed by atoms with Crippen LogP contribution in [0, 0.1) is 18.6 Å². The summed E-state index contributed by atoms with van der Waals surface area (Å²) in [5.41, 5.74) is 1.55. The zero-order valence-electron chi connectivity index (χ0n) is 10.4. The van der Waals surface area contributed by atoms with Crippen molar-refractivity contribution in [3.8, 4) is 0 Å². The van der Waals surface area contributed by atoms with Crippen LogP contribution in [0.5, 0.6) is 0 Å². The van der Waals surface area contributed by atoms with Crippen molar-refractivity contribution in [1.82, 2.24) is 0 Å². The molecule has 0 amide bonds. The first kappa shape index (κ1) is 13.2. The molecule has 0 heterocycles. The molecule has 0 aromatic heterocycles. The molecule has 0 spiro atoms. The van der Waals surface area contributed by atoms with Gasteiger partial charge in [-0.25, -0.2) is 8.78 Å². The van der Waals surface area contributed by atoms with Gasteiger partial charge >= 0.3 is 0 Å². The molecule has 98 valence electrons. The quantitative estimate of drug-likeness (QED) is 0.852. The van der Waals surface area contributed by atoms with Gasteiger partial charge < -0.3 is 5.32 Å². The van der Waals surface area contributed by atoms with E-state index in [2.05, 4.69) is 5.32 Å². The lowest BCUT2D eigenvalue weighted by molar-refractivity contribution is 0.101. The maximum Gasteiger partial charge on any atom is 0.181 e. The van der Waals surface area contributed by atoms with Gasteiger partial charge in [0.2, 0.25) is 0 Å². The number of aryl methyl sites for hydroxylation is 1. The topological polar surface area (TPSA) is 29.1 Å². The van der Waals surface area contributed by atoms with Crippen LogP contribution < -0.4 is 5.32 Å². The van der Waals surface area contributed by atoms with E-state index in [1.807, 2.05) is 0 Å². The lowest BCUT2D eigenvalue weighted by Gasteiger charge is -2.06. The van der Waals surface area contributed by atoms with E-state index in [1.165, 1.54) is 30.3 Å². The molecule has 0 saturated carbocycles. The molecule has 0 unspecified atom stereocenters. The van der Waals surface area contributed by atoms with Crippen molar-refractivity contribution in [2.24, 2.45) is 0 Å². The molecule has 2 nitrogen and oxygen atoms in total. The van der Waals surface area contributed by atoms with Crippen molar-refractivity contribution in [1.29, 1.82) is 0 Å². The smallest absolute Gasteiger partial charge is 0.181 e. The first-order valence-corrected chi connectivity index (χ1v) is 5.85. The predicted octanol–water partition coefficient (Wildman–Crippen LogP) is 3.57. The van der Waals surface area contributed by atoms with E-state index in [1.54, 1.807) is 19.1 Å². The van der Waals surface area contributed by atoms with E-state index < -0.39 is 0 Å². The van der Waals surface area contributed by atoms with Gasteiger partial charge in [0.15, 0.2) is 5.78 Å². The molecular weight excluding hydrogens is 248 g/mol. The number of benzene rings is 2. The van der Waals surface area contributed by atoms with Crippen LogP contribution in [-0.2, 0) is 0 Å². The Kier molecular flexibility index (Phi) is 3.90. The number of ketones is 1. The summed E-state index contributed by atoms with van der Waals surface area (Å²) < 4.78 is 25.8. The van der Waals surface area contributed by atoms with Crippen molar-refractivity contribution >= 4 is 11.5 Å². The number of carbonyl (C=O) groups excluding carboxylic acids is 1. The molecule has 0 atom stereocenters. The number of rotatable bonds is 4. The third-order valence-corrected chi connectivity index (χ3v) is 2.78. The fraction of sp³-hybridized carbons (Fsp3) is 0.133. The molecule has 0 fully saturated rings. The van der Waals surface area contributed by atoms with E-state index in [0.717, 1.165) is 0 Å². The van der Waals surface area contributed by atoms with Crippen LogP contribution in [0.15, 0.2) is 42.5 Å². The minimum Gasteiger partial charge on any atom is -0.378 e. The SMILES string of the molecule is Cc1cc(C(=O)CNc2ccc(F)cc2)ccc1F. The largest absolute Gasteiger partial charge is 0.378 e. The molecule has 0 radical (unpaired) electrons. The fourth-order valence-corrected chi connectivity index (χ4v) is 1.67. The second kappa shape index (κ2) is 5.61. The Hall–Kier alpha value is -2.23. The summed E-state index contributed by atoms with van der Waals surface area (Å²) in [4.78, 5) is 11.9. The standard InChI is InChI=1S/C15H13F2NO/c1-10-8-11(2-7-14(10)17)15(19)9-18-13-5-3-12(16)4-6-13/h2-8,18H,9H2,1H3. The summed E-state index contributed by atoms with van der Waals surface area (Å²) in [5.74, 6) is -0.804. The van der Waals surface area contributed by atoms with E-state index in [4.69, 9.17) is 0 Å². The number of Topliss-reactive ketones (excluding diaryl/α,β-unsaturated/α-hetero) is 1. The fourth-order valence-electron chi connectivity index (χ4n) is 1.67. The summed E-state index contributed by atoms with van der Waals surface area (Å²) in [6, 6.07) is 9.99. The highest BCUT2D eigenvalue weighted by Crippen LogP contribution is 2.11. The molecule has 4 heteroatoms. The molecule has 1 N–H and O–H groups in total. The van der Waals surface area contributed by atoms with Crippen LogP contribution in [-0.4, -0.2) is 12.3 Å². The molecule has 2 rings (SSSR count). The van der Waals surface area contributed by atoms with E-state index >= 15 is 0 Å². The summed E-state index contributed by atoms with van der Waals surface area (Å²) in [7, 11) is 0. The van der Waals surface area contributed by atoms with Gasteiger partial charge in [-0.1, -0.05) is 0 Å². The Morgan fingerprint density at radius 1 is 1.11 bits per heavy atom. The van der Waals surface area contributed by atoms with Crippen LogP contribution in [0.1, 0.15) is 15.9 Å². The maximum atomic E-state index is 13.1. The Balaban J connectivity index is 2.01. The lowest BCUT2D eigenvalue weighted by Crippen LogP contribution is -2.14. The molecule has 2 aromatic carbocycles. The molecule has 19 heavy (non-hydrogen) atoms. The van der Waals surface area contributed by atoms with Crippen LogP contribution in [0.25, 0.3) is 0 Å². The van der Waals surface area contributed by atoms with Gasteiger partial charge in [-0.15, -0.1) is 0 Å². The van der Waals surface area contributed by atoms with Gasteiger partial charge in [-0.2, -0.15) is 0 Å². The molecule has 0 saturated heterocycles. The van der Waals surface area contributed by atoms with E-state index in [0.29, 0.717) is 16.8 Å². The zero-order chi connectivity index (χ0) is 13.8. The Morgan fingerprint density at radius 3 is 2.42 bits per heavy atom. The summed E-state index contributed by atoms with van der Waals surface area (Å²) >= 11 is 0. The summed E-state index contributed by atoms with van der Waals surface area (Å²) in [6.07, 6.45) is 0. The van der Waals surface area contributed by atoms with Gasteiger partial charge in [0.05, 0.1) is 6.54 Å². The lowest BCUT2D eigenvalue weighted by atomic mass is 10.1. The number of anilines is 1. The van der Waals surface area contributed by atoms with E-state index in [9.17, 15) is 13.6 Å². The van der Waals surface area contributed by atoms with Crippen LogP contribution in [0.3, 0.4) is 0 Å². The van der Waals surface area contributed by atoms with Crippen LogP contribution in [0.2, 0.25) is 0 Å². The number of halogens is 2. The minimum atomic E-state index is -0.331. The number of nitrogens with one attached hydrogen (secondary N) is 1. The first-order valence-electron chi connectivity index (χ1n) is 5.85. The molecule has 0 aliphatic rings. The van der Waals surface area contributed by atoms with Crippen molar-refractivity contribution in [2.45, 2.75) is 6.92 Å². The average Bonchev–Trinajstić information content (AvgIpc) is 2.41. The molecule has 0 bridgehead atoms. The average molecular weight is 261 g/mol. The summed E-state index contributed by atoms with van der Waals surface area (Å²) in [6.45, 7) is 1.69. The highest BCUT2D eigenvalue weighted by molar-refractivity contribution is 5.99. The van der Waals surface area contributed by atoms with Crippen molar-refractivity contribution in [2.75, 3.05) is 11.9 Å². The van der Waals surface area contributed by atoms with Crippen LogP contribution in [0.4, 0.5) is 14.5 Å². The first-order chi connectivity index (χ1) is 9.06. The van der Waals surface area contributed by atoms with Gasteiger partial charge in [-0.3, -0.25) is 4.79 Å². The van der Waals surface area contributed by atoms with E-state index in [-0.39, 0.29) is 24.0 Å². The monoisotopic (exact) mass is 261 g/mol. The van der Waals surface area contributed by atoms with Crippen molar-refractivity contribution in [3.63, 3.8) is 0 Å². The molecule has 2 aromatic rings. The number of hydrogen-bond acceptors (Lipinski definition) is 2. The molecular formula is C15H13F2NO. The zero-order valence-corrected chi connectivity index (χ0v) is 10.4. The minimum absolute atomic E-state index is 0.0801. The third-order valence-electron chi connectivity index (χ3n) is 2.78. The predicted molar refractivity (Wildman–Crippen MR) is 70.4 cm³/mol. The van der Waals surface area contributed by atoms with Crippen molar-refractivity contribution in [3.05, 3.63) is 65.2 Å². The highest BCUT2D eigenvalue weighted by Gasteiger charge is 2.07. The Morgan fingerprint density at radius 2 is 1.79 bits per heavy atom. The molecule has 0 aliphatic carbocycles. The number of hydrogen-bond donors (Lipinski definition) is 1. The normalized spacial score (nSPS) is 10.3. The van der Waals surface area contributed by atoms with Gasteiger partial charge in [0, 0.05) is 11.3 Å². The van der Waals surface area contributed by atoms with Crippen LogP contribution >= 0.6 is 0 Å². The van der Waals surface area contributed by atoms with Gasteiger partial charge in [0.1, 0.15) is 11.6 Å². The maximum absolute atomic E-state index is 13.1. The second-order valence-corrected chi connectivity index (χ2v) is 4.25. The number of carbonyl (C=O) groups is 1. The van der Waals surface area contributed by atoms with Gasteiger partial charge in [0.25, 0.3) is 0 Å². The van der Waals surface area contributed by atoms with Crippen molar-refractivity contribution < 1.29 is 13.6 Å². The summed E-state index contributed by atoms with van der Waals surface area (Å²) in [5, 5.41) is 2.89. The molecule has 0 aliphatic heterocycles. The Bertz CT molecular complexity index is 594. The third kappa shape index (κ3) is 3.37.